The van der Waals surface area contributed by atoms with Crippen molar-refractivity contribution >= 4 is 17.5 Å². The smallest absolute Gasteiger partial charge is 0.253 e. The van der Waals surface area contributed by atoms with Crippen molar-refractivity contribution in [2.24, 2.45) is 11.8 Å². The van der Waals surface area contributed by atoms with Gasteiger partial charge < -0.3 is 15.1 Å². The summed E-state index contributed by atoms with van der Waals surface area (Å²) in [5, 5.41) is 3.14. The zero-order valence-corrected chi connectivity index (χ0v) is 14.5. The molecule has 1 aromatic rings. The van der Waals surface area contributed by atoms with Gasteiger partial charge in [0.15, 0.2) is 0 Å². The highest BCUT2D eigenvalue weighted by molar-refractivity contribution is 5.95. The van der Waals surface area contributed by atoms with Crippen molar-refractivity contribution in [2.45, 2.75) is 20.3 Å². The van der Waals surface area contributed by atoms with Gasteiger partial charge in [0.1, 0.15) is 0 Å². The zero-order valence-electron chi connectivity index (χ0n) is 14.5. The van der Waals surface area contributed by atoms with Crippen LogP contribution in [0.2, 0.25) is 0 Å². The molecule has 2 amide bonds. The summed E-state index contributed by atoms with van der Waals surface area (Å²) in [5.41, 5.74) is 1.41. The van der Waals surface area contributed by atoms with Crippen LogP contribution in [-0.2, 0) is 4.79 Å². The number of nitrogens with one attached hydrogen (secondary N) is 1. The molecule has 2 rings (SSSR count). The Labute approximate surface area is 138 Å². The lowest BCUT2D eigenvalue weighted by Gasteiger charge is -2.35. The van der Waals surface area contributed by atoms with E-state index in [0.717, 1.165) is 18.8 Å². The van der Waals surface area contributed by atoms with Crippen LogP contribution >= 0.6 is 0 Å². The molecule has 0 radical (unpaired) electrons. The number of likely N-dealkylation sites (tertiary alicyclic amines) is 1. The highest BCUT2D eigenvalue weighted by Gasteiger charge is 2.25. The van der Waals surface area contributed by atoms with Crippen LogP contribution in [0.1, 0.15) is 30.6 Å². The Balaban J connectivity index is 1.94. The summed E-state index contributed by atoms with van der Waals surface area (Å²) in [7, 11) is 3.45. The second kappa shape index (κ2) is 7.49. The molecule has 1 aliphatic rings. The molecular formula is C18H27N3O2. The number of anilines is 1. The first kappa shape index (κ1) is 17.3. The van der Waals surface area contributed by atoms with Crippen molar-refractivity contribution in [1.82, 2.24) is 9.80 Å². The normalized spacial score (nSPS) is 21.0. The van der Waals surface area contributed by atoms with E-state index in [0.29, 0.717) is 17.4 Å². The van der Waals surface area contributed by atoms with Gasteiger partial charge in [-0.1, -0.05) is 19.9 Å². The largest absolute Gasteiger partial charge is 0.376 e. The van der Waals surface area contributed by atoms with Crippen molar-refractivity contribution in [3.05, 3.63) is 29.8 Å². The quantitative estimate of drug-likeness (QED) is 0.927. The number of hydrogen-bond acceptors (Lipinski definition) is 3. The van der Waals surface area contributed by atoms with E-state index in [1.807, 2.05) is 17.0 Å². The van der Waals surface area contributed by atoms with Crippen LogP contribution in [0, 0.1) is 11.8 Å². The van der Waals surface area contributed by atoms with Gasteiger partial charge in [-0.2, -0.15) is 0 Å². The van der Waals surface area contributed by atoms with Crippen LogP contribution in [0.25, 0.3) is 0 Å². The van der Waals surface area contributed by atoms with Crippen molar-refractivity contribution in [3.63, 3.8) is 0 Å². The molecule has 2 unspecified atom stereocenters. The standard InChI is InChI=1S/C18H27N3O2/c1-13-8-14(2)12-21(11-13)17(22)10-19-16-7-5-6-15(9-16)18(23)20(3)4/h5-7,9,13-14,19H,8,10-12H2,1-4H3. The molecule has 5 nitrogen and oxygen atoms in total. The molecule has 0 aliphatic carbocycles. The Kier molecular flexibility index (Phi) is 5.64. The summed E-state index contributed by atoms with van der Waals surface area (Å²) in [6, 6.07) is 7.27. The third-order valence-electron chi connectivity index (χ3n) is 4.18. The minimum atomic E-state index is -0.0429. The van der Waals surface area contributed by atoms with E-state index in [1.54, 1.807) is 31.1 Å². The number of piperidine rings is 1. The maximum atomic E-state index is 12.4. The van der Waals surface area contributed by atoms with Gasteiger partial charge in [-0.3, -0.25) is 9.59 Å². The van der Waals surface area contributed by atoms with Gasteiger partial charge in [0.05, 0.1) is 6.54 Å². The summed E-state index contributed by atoms with van der Waals surface area (Å²) < 4.78 is 0. The second-order valence-corrected chi connectivity index (χ2v) is 6.88. The highest BCUT2D eigenvalue weighted by atomic mass is 16.2. The number of carbonyl (C=O) groups is 2. The third kappa shape index (κ3) is 4.71. The molecular weight excluding hydrogens is 290 g/mol. The van der Waals surface area contributed by atoms with Crippen LogP contribution in [0.3, 0.4) is 0 Å². The van der Waals surface area contributed by atoms with Gasteiger partial charge in [-0.25, -0.2) is 0 Å². The van der Waals surface area contributed by atoms with Crippen LogP contribution < -0.4 is 5.32 Å². The molecule has 1 fully saturated rings. The lowest BCUT2D eigenvalue weighted by Crippen LogP contribution is -2.44. The van der Waals surface area contributed by atoms with Gasteiger partial charge in [-0.05, 0) is 36.5 Å². The van der Waals surface area contributed by atoms with Gasteiger partial charge in [0.25, 0.3) is 5.91 Å². The Hall–Kier alpha value is -2.04. The number of carbonyl (C=O) groups excluding carboxylic acids is 2. The number of benzene rings is 1. The molecule has 0 saturated carbocycles. The molecule has 1 N–H and O–H groups in total. The molecule has 1 saturated heterocycles. The van der Waals surface area contributed by atoms with Crippen LogP contribution in [-0.4, -0.2) is 55.3 Å². The first-order valence-corrected chi connectivity index (χ1v) is 8.20. The zero-order chi connectivity index (χ0) is 17.0. The molecule has 1 heterocycles. The molecule has 1 aliphatic heterocycles. The average molecular weight is 317 g/mol. The molecule has 2 atom stereocenters. The topological polar surface area (TPSA) is 52.7 Å². The lowest BCUT2D eigenvalue weighted by atomic mass is 9.92. The highest BCUT2D eigenvalue weighted by Crippen LogP contribution is 2.21. The van der Waals surface area contributed by atoms with Crippen LogP contribution in [0.15, 0.2) is 24.3 Å². The molecule has 126 valence electrons. The maximum Gasteiger partial charge on any atom is 0.253 e. The number of rotatable bonds is 4. The second-order valence-electron chi connectivity index (χ2n) is 6.88. The first-order valence-electron chi connectivity index (χ1n) is 8.20. The number of hydrogen-bond donors (Lipinski definition) is 1. The average Bonchev–Trinajstić information content (AvgIpc) is 2.51. The van der Waals surface area contributed by atoms with Crippen LogP contribution in [0.5, 0.6) is 0 Å². The monoisotopic (exact) mass is 317 g/mol. The van der Waals surface area contributed by atoms with Crippen molar-refractivity contribution in [1.29, 1.82) is 0 Å². The SMILES string of the molecule is CC1CC(C)CN(C(=O)CNc2cccc(C(=O)N(C)C)c2)C1. The lowest BCUT2D eigenvalue weighted by molar-refractivity contribution is -0.131. The molecule has 0 aromatic heterocycles. The van der Waals surface area contributed by atoms with E-state index in [2.05, 4.69) is 19.2 Å². The van der Waals surface area contributed by atoms with Gasteiger partial charge in [-0.15, -0.1) is 0 Å². The molecule has 0 spiro atoms. The fraction of sp³-hybridized carbons (Fsp3) is 0.556. The number of nitrogens with zero attached hydrogens (tertiary/aromatic N) is 2. The van der Waals surface area contributed by atoms with Crippen molar-refractivity contribution in [3.8, 4) is 0 Å². The van der Waals surface area contributed by atoms with E-state index in [9.17, 15) is 9.59 Å². The van der Waals surface area contributed by atoms with Crippen LogP contribution in [0.4, 0.5) is 5.69 Å². The summed E-state index contributed by atoms with van der Waals surface area (Å²) in [4.78, 5) is 27.8. The Morgan fingerprint density at radius 2 is 1.87 bits per heavy atom. The first-order chi connectivity index (χ1) is 10.9. The number of amides is 2. The van der Waals surface area contributed by atoms with E-state index in [4.69, 9.17) is 0 Å². The Morgan fingerprint density at radius 1 is 1.22 bits per heavy atom. The Morgan fingerprint density at radius 3 is 2.48 bits per heavy atom. The van der Waals surface area contributed by atoms with Gasteiger partial charge >= 0.3 is 0 Å². The molecule has 1 aromatic carbocycles. The van der Waals surface area contributed by atoms with E-state index in [1.165, 1.54) is 6.42 Å². The van der Waals surface area contributed by atoms with E-state index < -0.39 is 0 Å². The summed E-state index contributed by atoms with van der Waals surface area (Å²) in [5.74, 6) is 1.19. The predicted octanol–water partition coefficient (Wildman–Crippen LogP) is 2.30. The fourth-order valence-electron chi connectivity index (χ4n) is 3.18. The summed E-state index contributed by atoms with van der Waals surface area (Å²) in [6.07, 6.45) is 1.19. The maximum absolute atomic E-state index is 12.4. The fourth-order valence-corrected chi connectivity index (χ4v) is 3.18. The van der Waals surface area contributed by atoms with Crippen molar-refractivity contribution < 1.29 is 9.59 Å². The molecule has 23 heavy (non-hydrogen) atoms. The van der Waals surface area contributed by atoms with Gasteiger partial charge in [0, 0.05) is 38.4 Å². The predicted molar refractivity (Wildman–Crippen MR) is 92.5 cm³/mol. The molecule has 5 heteroatoms. The minimum absolute atomic E-state index is 0.0429. The minimum Gasteiger partial charge on any atom is -0.376 e. The molecule has 0 bridgehead atoms. The van der Waals surface area contributed by atoms with E-state index in [-0.39, 0.29) is 18.4 Å². The Bertz CT molecular complexity index is 561. The van der Waals surface area contributed by atoms with Gasteiger partial charge in [0.2, 0.25) is 5.91 Å². The summed E-state index contributed by atoms with van der Waals surface area (Å²) >= 11 is 0. The van der Waals surface area contributed by atoms with E-state index >= 15 is 0 Å². The summed E-state index contributed by atoms with van der Waals surface area (Å²) in [6.45, 7) is 6.33. The third-order valence-corrected chi connectivity index (χ3v) is 4.18. The van der Waals surface area contributed by atoms with Crippen molar-refractivity contribution in [2.75, 3.05) is 39.0 Å².